The van der Waals surface area contributed by atoms with E-state index in [9.17, 15) is 14.4 Å². The van der Waals surface area contributed by atoms with Crippen LogP contribution in [0, 0.1) is 6.92 Å². The SMILES string of the molecule is C=CC(=O)NCc1ccc(C(=O)Oc2cccc(Oc3ccnc(C(=O)NC)c3)c2C)cc1. The van der Waals surface area contributed by atoms with Gasteiger partial charge in [0.1, 0.15) is 22.9 Å². The zero-order valence-corrected chi connectivity index (χ0v) is 18.3. The Bertz CT molecular complexity index is 1190. The minimum Gasteiger partial charge on any atom is -0.457 e. The Morgan fingerprint density at radius 3 is 2.48 bits per heavy atom. The van der Waals surface area contributed by atoms with Crippen LogP contribution in [-0.2, 0) is 11.3 Å². The average Bonchev–Trinajstić information content (AvgIpc) is 2.84. The molecule has 0 radical (unpaired) electrons. The fourth-order valence-corrected chi connectivity index (χ4v) is 2.85. The largest absolute Gasteiger partial charge is 0.457 e. The lowest BCUT2D eigenvalue weighted by molar-refractivity contribution is -0.116. The Morgan fingerprint density at radius 1 is 1.06 bits per heavy atom. The van der Waals surface area contributed by atoms with Crippen molar-refractivity contribution in [3.8, 4) is 17.2 Å². The van der Waals surface area contributed by atoms with Gasteiger partial charge < -0.3 is 20.1 Å². The van der Waals surface area contributed by atoms with Crippen molar-refractivity contribution >= 4 is 17.8 Å². The molecule has 33 heavy (non-hydrogen) atoms. The van der Waals surface area contributed by atoms with E-state index in [1.54, 1.807) is 55.5 Å². The first kappa shape index (κ1) is 23.2. The van der Waals surface area contributed by atoms with Gasteiger partial charge in [-0.15, -0.1) is 0 Å². The van der Waals surface area contributed by atoms with Crippen molar-refractivity contribution in [1.29, 1.82) is 0 Å². The van der Waals surface area contributed by atoms with Gasteiger partial charge in [0, 0.05) is 31.4 Å². The van der Waals surface area contributed by atoms with Crippen LogP contribution in [0.3, 0.4) is 0 Å². The second kappa shape index (κ2) is 10.7. The molecular weight excluding hydrogens is 422 g/mol. The molecule has 0 atom stereocenters. The summed E-state index contributed by atoms with van der Waals surface area (Å²) in [5.74, 6) is 0.127. The Balaban J connectivity index is 1.70. The Hall–Kier alpha value is -4.46. The van der Waals surface area contributed by atoms with Crippen LogP contribution in [0.5, 0.6) is 17.2 Å². The molecule has 0 saturated carbocycles. The van der Waals surface area contributed by atoms with E-state index < -0.39 is 5.97 Å². The van der Waals surface area contributed by atoms with Crippen LogP contribution in [0.4, 0.5) is 0 Å². The van der Waals surface area contributed by atoms with Gasteiger partial charge in [-0.25, -0.2) is 4.79 Å². The lowest BCUT2D eigenvalue weighted by atomic mass is 10.1. The van der Waals surface area contributed by atoms with E-state index in [1.807, 2.05) is 0 Å². The van der Waals surface area contributed by atoms with Crippen LogP contribution in [-0.4, -0.2) is 29.8 Å². The molecule has 3 rings (SSSR count). The number of amides is 2. The summed E-state index contributed by atoms with van der Waals surface area (Å²) >= 11 is 0. The molecule has 1 heterocycles. The van der Waals surface area contributed by atoms with Crippen molar-refractivity contribution in [1.82, 2.24) is 15.6 Å². The molecule has 168 valence electrons. The zero-order valence-electron chi connectivity index (χ0n) is 18.3. The number of nitrogens with zero attached hydrogens (tertiary/aromatic N) is 1. The van der Waals surface area contributed by atoms with Crippen LogP contribution in [0.2, 0.25) is 0 Å². The highest BCUT2D eigenvalue weighted by atomic mass is 16.5. The predicted octanol–water partition coefficient (Wildman–Crippen LogP) is 3.56. The number of aromatic nitrogens is 1. The van der Waals surface area contributed by atoms with Gasteiger partial charge >= 0.3 is 5.97 Å². The molecule has 0 fully saturated rings. The standard InChI is InChI=1S/C25H23N3O5/c1-4-23(29)28-15-17-8-10-18(11-9-17)25(31)33-22-7-5-6-21(16(22)2)32-19-12-13-27-20(14-19)24(30)26-3/h4-14H,1,15H2,2-3H3,(H,26,30)(H,28,29). The first-order valence-corrected chi connectivity index (χ1v) is 10.1. The second-order valence-corrected chi connectivity index (χ2v) is 6.95. The number of carbonyl (C=O) groups excluding carboxylic acids is 3. The van der Waals surface area contributed by atoms with Crippen molar-refractivity contribution in [2.45, 2.75) is 13.5 Å². The number of nitrogens with one attached hydrogen (secondary N) is 2. The summed E-state index contributed by atoms with van der Waals surface area (Å²) in [4.78, 5) is 39.7. The van der Waals surface area contributed by atoms with Crippen LogP contribution >= 0.6 is 0 Å². The highest BCUT2D eigenvalue weighted by Crippen LogP contribution is 2.31. The molecule has 0 spiro atoms. The molecule has 3 aromatic rings. The summed E-state index contributed by atoms with van der Waals surface area (Å²) in [5, 5.41) is 5.18. The highest BCUT2D eigenvalue weighted by molar-refractivity contribution is 5.92. The van der Waals surface area contributed by atoms with E-state index in [1.165, 1.54) is 25.4 Å². The molecule has 2 amide bonds. The van der Waals surface area contributed by atoms with Gasteiger partial charge in [-0.05, 0) is 48.9 Å². The van der Waals surface area contributed by atoms with E-state index in [-0.39, 0.29) is 17.5 Å². The third-order valence-electron chi connectivity index (χ3n) is 4.70. The summed E-state index contributed by atoms with van der Waals surface area (Å²) in [7, 11) is 1.52. The fourth-order valence-electron chi connectivity index (χ4n) is 2.85. The van der Waals surface area contributed by atoms with Gasteiger partial charge in [0.2, 0.25) is 5.91 Å². The third kappa shape index (κ3) is 6.04. The maximum absolute atomic E-state index is 12.6. The van der Waals surface area contributed by atoms with E-state index in [0.29, 0.717) is 34.9 Å². The van der Waals surface area contributed by atoms with E-state index in [4.69, 9.17) is 9.47 Å². The molecule has 0 unspecified atom stereocenters. The number of benzene rings is 2. The fraction of sp³-hybridized carbons (Fsp3) is 0.120. The summed E-state index contributed by atoms with van der Waals surface area (Å²) in [6, 6.07) is 15.0. The topological polar surface area (TPSA) is 107 Å². The molecule has 0 aliphatic heterocycles. The normalized spacial score (nSPS) is 10.1. The van der Waals surface area contributed by atoms with Gasteiger partial charge in [-0.3, -0.25) is 14.6 Å². The number of carbonyl (C=O) groups is 3. The summed E-state index contributed by atoms with van der Waals surface area (Å²) in [6.45, 7) is 5.50. The third-order valence-corrected chi connectivity index (χ3v) is 4.70. The minimum absolute atomic E-state index is 0.225. The van der Waals surface area contributed by atoms with Gasteiger partial charge in [0.25, 0.3) is 5.91 Å². The first-order chi connectivity index (χ1) is 15.9. The summed E-state index contributed by atoms with van der Waals surface area (Å²) in [5.41, 5.74) is 2.04. The lowest BCUT2D eigenvalue weighted by Gasteiger charge is -2.13. The van der Waals surface area contributed by atoms with Crippen molar-refractivity contribution in [2.24, 2.45) is 0 Å². The number of hydrogen-bond acceptors (Lipinski definition) is 6. The molecule has 0 bridgehead atoms. The summed E-state index contributed by atoms with van der Waals surface area (Å²) < 4.78 is 11.5. The molecule has 8 heteroatoms. The Morgan fingerprint density at radius 2 is 1.79 bits per heavy atom. The van der Waals surface area contributed by atoms with Crippen LogP contribution < -0.4 is 20.1 Å². The minimum atomic E-state index is -0.525. The second-order valence-electron chi connectivity index (χ2n) is 6.95. The van der Waals surface area contributed by atoms with Gasteiger partial charge in [0.05, 0.1) is 5.56 Å². The van der Waals surface area contributed by atoms with E-state index in [0.717, 1.165) is 5.56 Å². The average molecular weight is 445 g/mol. The van der Waals surface area contributed by atoms with Crippen molar-refractivity contribution in [3.63, 3.8) is 0 Å². The molecule has 2 aromatic carbocycles. The van der Waals surface area contributed by atoms with Gasteiger partial charge in [-0.1, -0.05) is 24.8 Å². The Labute approximate surface area is 191 Å². The zero-order chi connectivity index (χ0) is 23.8. The number of esters is 1. The van der Waals surface area contributed by atoms with Crippen LogP contribution in [0.15, 0.2) is 73.4 Å². The van der Waals surface area contributed by atoms with Crippen molar-refractivity contribution in [3.05, 3.63) is 95.8 Å². The quantitative estimate of drug-likeness (QED) is 0.312. The number of hydrogen-bond donors (Lipinski definition) is 2. The smallest absolute Gasteiger partial charge is 0.343 e. The molecule has 2 N–H and O–H groups in total. The number of rotatable bonds is 8. The van der Waals surface area contributed by atoms with Crippen LogP contribution in [0.1, 0.15) is 32.0 Å². The van der Waals surface area contributed by atoms with Gasteiger partial charge in [0.15, 0.2) is 0 Å². The lowest BCUT2D eigenvalue weighted by Crippen LogP contribution is -2.20. The maximum atomic E-state index is 12.6. The number of ether oxygens (including phenoxy) is 2. The first-order valence-electron chi connectivity index (χ1n) is 10.1. The molecule has 0 aliphatic carbocycles. The van der Waals surface area contributed by atoms with Crippen LogP contribution in [0.25, 0.3) is 0 Å². The van der Waals surface area contributed by atoms with Crippen molar-refractivity contribution in [2.75, 3.05) is 7.05 Å². The van der Waals surface area contributed by atoms with Gasteiger partial charge in [-0.2, -0.15) is 0 Å². The molecule has 0 aliphatic rings. The van der Waals surface area contributed by atoms with E-state index in [2.05, 4.69) is 22.2 Å². The molecule has 0 saturated heterocycles. The van der Waals surface area contributed by atoms with Crippen molar-refractivity contribution < 1.29 is 23.9 Å². The molecule has 1 aromatic heterocycles. The summed E-state index contributed by atoms with van der Waals surface area (Å²) in [6.07, 6.45) is 2.67. The predicted molar refractivity (Wildman–Crippen MR) is 122 cm³/mol. The number of pyridine rings is 1. The van der Waals surface area contributed by atoms with E-state index >= 15 is 0 Å². The Kier molecular flexibility index (Phi) is 7.54. The molecule has 8 nitrogen and oxygen atoms in total. The maximum Gasteiger partial charge on any atom is 0.343 e. The molecular formula is C25H23N3O5. The monoisotopic (exact) mass is 445 g/mol. The highest BCUT2D eigenvalue weighted by Gasteiger charge is 2.14.